The first-order valence-corrected chi connectivity index (χ1v) is 9.45. The monoisotopic (exact) mass is 343 g/mol. The van der Waals surface area contributed by atoms with E-state index in [1.165, 1.54) is 32.4 Å². The number of likely N-dealkylation sites (tertiary alicyclic amines) is 1. The van der Waals surface area contributed by atoms with E-state index in [1.54, 1.807) is 0 Å². The van der Waals surface area contributed by atoms with Gasteiger partial charge in [-0.3, -0.25) is 10.00 Å². The molecule has 4 heterocycles. The Hall–Kier alpha value is -1.66. The second-order valence-corrected chi connectivity index (χ2v) is 8.34. The van der Waals surface area contributed by atoms with E-state index in [-0.39, 0.29) is 5.41 Å². The van der Waals surface area contributed by atoms with E-state index in [9.17, 15) is 0 Å². The van der Waals surface area contributed by atoms with Crippen molar-refractivity contribution in [1.29, 1.82) is 0 Å². The SMILES string of the molecule is CC(C)(C)c1cc(-c2nccn2C2COCC2N2CCCCC2)n[nH]1. The fraction of sp³-hybridized carbons (Fsp3) is 0.684. The molecule has 6 heteroatoms. The molecule has 6 nitrogen and oxygen atoms in total. The summed E-state index contributed by atoms with van der Waals surface area (Å²) in [5.74, 6) is 0.934. The van der Waals surface area contributed by atoms with Crippen LogP contribution < -0.4 is 0 Å². The van der Waals surface area contributed by atoms with Crippen LogP contribution in [0.25, 0.3) is 11.5 Å². The summed E-state index contributed by atoms with van der Waals surface area (Å²) < 4.78 is 8.15. The van der Waals surface area contributed by atoms with Gasteiger partial charge in [-0.2, -0.15) is 5.10 Å². The van der Waals surface area contributed by atoms with E-state index >= 15 is 0 Å². The lowest BCUT2D eigenvalue weighted by Crippen LogP contribution is -2.44. The van der Waals surface area contributed by atoms with Crippen LogP contribution in [0.15, 0.2) is 18.5 Å². The molecule has 0 amide bonds. The molecule has 2 unspecified atom stereocenters. The average molecular weight is 343 g/mol. The average Bonchev–Trinajstić information content (AvgIpc) is 3.33. The second-order valence-electron chi connectivity index (χ2n) is 8.34. The van der Waals surface area contributed by atoms with Gasteiger partial charge in [-0.05, 0) is 32.0 Å². The van der Waals surface area contributed by atoms with Gasteiger partial charge in [0.25, 0.3) is 0 Å². The van der Waals surface area contributed by atoms with Crippen molar-refractivity contribution in [3.8, 4) is 11.5 Å². The zero-order valence-electron chi connectivity index (χ0n) is 15.5. The van der Waals surface area contributed by atoms with E-state index in [1.807, 2.05) is 6.20 Å². The van der Waals surface area contributed by atoms with Crippen LogP contribution in [-0.2, 0) is 10.2 Å². The summed E-state index contributed by atoms with van der Waals surface area (Å²) in [6, 6.07) is 2.88. The maximum absolute atomic E-state index is 5.88. The molecule has 2 aliphatic heterocycles. The fourth-order valence-corrected chi connectivity index (χ4v) is 4.00. The van der Waals surface area contributed by atoms with Crippen molar-refractivity contribution in [2.45, 2.75) is 57.5 Å². The predicted octanol–water partition coefficient (Wildman–Crippen LogP) is 3.00. The summed E-state index contributed by atoms with van der Waals surface area (Å²) in [7, 11) is 0. The highest BCUT2D eigenvalue weighted by Gasteiger charge is 2.36. The van der Waals surface area contributed by atoms with Crippen molar-refractivity contribution >= 4 is 0 Å². The van der Waals surface area contributed by atoms with Crippen LogP contribution in [0.2, 0.25) is 0 Å². The molecule has 2 aromatic heterocycles. The third-order valence-electron chi connectivity index (χ3n) is 5.52. The van der Waals surface area contributed by atoms with E-state index in [2.05, 4.69) is 57.7 Å². The van der Waals surface area contributed by atoms with Gasteiger partial charge < -0.3 is 9.30 Å². The minimum absolute atomic E-state index is 0.0511. The predicted molar refractivity (Wildman–Crippen MR) is 97.6 cm³/mol. The maximum Gasteiger partial charge on any atom is 0.160 e. The number of rotatable bonds is 3. The second kappa shape index (κ2) is 6.57. The summed E-state index contributed by atoms with van der Waals surface area (Å²) in [6.07, 6.45) is 7.92. The maximum atomic E-state index is 5.88. The number of nitrogens with one attached hydrogen (secondary N) is 1. The van der Waals surface area contributed by atoms with Crippen molar-refractivity contribution in [2.75, 3.05) is 26.3 Å². The van der Waals surface area contributed by atoms with Crippen LogP contribution in [0.3, 0.4) is 0 Å². The summed E-state index contributed by atoms with van der Waals surface area (Å²) in [5.41, 5.74) is 2.10. The van der Waals surface area contributed by atoms with Crippen LogP contribution in [0, 0.1) is 0 Å². The molecular formula is C19H29N5O. The highest BCUT2D eigenvalue weighted by molar-refractivity contribution is 5.51. The normalized spacial score (nSPS) is 25.6. The van der Waals surface area contributed by atoms with E-state index < -0.39 is 0 Å². The van der Waals surface area contributed by atoms with Crippen LogP contribution in [0.4, 0.5) is 0 Å². The first-order chi connectivity index (χ1) is 12.0. The van der Waals surface area contributed by atoms with Crippen LogP contribution in [0.1, 0.15) is 51.8 Å². The quantitative estimate of drug-likeness (QED) is 0.931. The van der Waals surface area contributed by atoms with E-state index in [4.69, 9.17) is 4.74 Å². The van der Waals surface area contributed by atoms with Crippen molar-refractivity contribution in [1.82, 2.24) is 24.6 Å². The van der Waals surface area contributed by atoms with Gasteiger partial charge in [-0.1, -0.05) is 27.2 Å². The highest BCUT2D eigenvalue weighted by atomic mass is 16.5. The molecule has 0 spiro atoms. The van der Waals surface area contributed by atoms with Gasteiger partial charge in [0.1, 0.15) is 5.69 Å². The topological polar surface area (TPSA) is 59.0 Å². The molecule has 2 aliphatic rings. The molecule has 2 saturated heterocycles. The third-order valence-corrected chi connectivity index (χ3v) is 5.52. The van der Waals surface area contributed by atoms with Gasteiger partial charge in [-0.15, -0.1) is 0 Å². The molecular weight excluding hydrogens is 314 g/mol. The van der Waals surface area contributed by atoms with Gasteiger partial charge >= 0.3 is 0 Å². The zero-order valence-corrected chi connectivity index (χ0v) is 15.5. The molecule has 2 fully saturated rings. The van der Waals surface area contributed by atoms with Crippen LogP contribution in [-0.4, -0.2) is 57.0 Å². The number of imidazole rings is 1. The lowest BCUT2D eigenvalue weighted by atomic mass is 9.92. The number of H-pyrrole nitrogens is 1. The van der Waals surface area contributed by atoms with Crippen molar-refractivity contribution in [2.24, 2.45) is 0 Å². The lowest BCUT2D eigenvalue weighted by Gasteiger charge is -2.35. The summed E-state index contributed by atoms with van der Waals surface area (Å²) in [4.78, 5) is 7.22. The number of aromatic nitrogens is 4. The fourth-order valence-electron chi connectivity index (χ4n) is 4.00. The first kappa shape index (κ1) is 16.8. The number of piperidine rings is 1. The number of ether oxygens (including phenoxy) is 1. The molecule has 0 aromatic carbocycles. The summed E-state index contributed by atoms with van der Waals surface area (Å²) in [6.45, 7) is 10.5. The van der Waals surface area contributed by atoms with Crippen LogP contribution >= 0.6 is 0 Å². The number of hydrogen-bond donors (Lipinski definition) is 1. The smallest absolute Gasteiger partial charge is 0.160 e. The van der Waals surface area contributed by atoms with Gasteiger partial charge in [0.05, 0.1) is 25.3 Å². The van der Waals surface area contributed by atoms with Gasteiger partial charge in [-0.25, -0.2) is 4.98 Å². The standard InChI is InChI=1S/C19H29N5O/c1-19(2,3)17-11-14(21-22-17)18-20-7-10-24(18)16-13-25-12-15(16)23-8-5-4-6-9-23/h7,10-11,15-16H,4-6,8-9,12-13H2,1-3H3,(H,21,22). The van der Waals surface area contributed by atoms with Crippen LogP contribution in [0.5, 0.6) is 0 Å². The van der Waals surface area contributed by atoms with Crippen molar-refractivity contribution in [3.05, 3.63) is 24.2 Å². The Morgan fingerprint density at radius 2 is 1.88 bits per heavy atom. The Morgan fingerprint density at radius 1 is 1.12 bits per heavy atom. The Morgan fingerprint density at radius 3 is 2.60 bits per heavy atom. The van der Waals surface area contributed by atoms with E-state index in [0.717, 1.165) is 30.4 Å². The molecule has 0 bridgehead atoms. The Kier molecular flexibility index (Phi) is 4.41. The van der Waals surface area contributed by atoms with Crippen molar-refractivity contribution < 1.29 is 4.74 Å². The Labute approximate surface area is 149 Å². The lowest BCUT2D eigenvalue weighted by molar-refractivity contribution is 0.122. The first-order valence-electron chi connectivity index (χ1n) is 9.45. The number of hydrogen-bond acceptors (Lipinski definition) is 4. The molecule has 2 atom stereocenters. The minimum atomic E-state index is 0.0511. The summed E-state index contributed by atoms with van der Waals surface area (Å²) in [5, 5.41) is 7.71. The van der Waals surface area contributed by atoms with Gasteiger partial charge in [0, 0.05) is 23.5 Å². The molecule has 2 aromatic rings. The highest BCUT2D eigenvalue weighted by Crippen LogP contribution is 2.31. The largest absolute Gasteiger partial charge is 0.378 e. The van der Waals surface area contributed by atoms with Gasteiger partial charge in [0.2, 0.25) is 0 Å². The molecule has 0 radical (unpaired) electrons. The Bertz CT molecular complexity index is 707. The molecule has 0 aliphatic carbocycles. The van der Waals surface area contributed by atoms with E-state index in [0.29, 0.717) is 12.1 Å². The Balaban J connectivity index is 1.61. The zero-order chi connectivity index (χ0) is 17.4. The van der Waals surface area contributed by atoms with Gasteiger partial charge in [0.15, 0.2) is 5.82 Å². The third kappa shape index (κ3) is 3.25. The van der Waals surface area contributed by atoms with Crippen molar-refractivity contribution in [3.63, 3.8) is 0 Å². The summed E-state index contributed by atoms with van der Waals surface area (Å²) >= 11 is 0. The molecule has 136 valence electrons. The number of aromatic amines is 1. The minimum Gasteiger partial charge on any atom is -0.378 e. The molecule has 1 N–H and O–H groups in total. The number of nitrogens with zero attached hydrogens (tertiary/aromatic N) is 4. The molecule has 25 heavy (non-hydrogen) atoms. The molecule has 0 saturated carbocycles. The molecule has 4 rings (SSSR count).